The van der Waals surface area contributed by atoms with Crippen LogP contribution in [-0.4, -0.2) is 42.9 Å². The zero-order valence-corrected chi connectivity index (χ0v) is 9.85. The zero-order chi connectivity index (χ0) is 14.0. The lowest BCUT2D eigenvalue weighted by Crippen LogP contribution is -2.50. The maximum absolute atomic E-state index is 12.6. The van der Waals surface area contributed by atoms with E-state index in [0.29, 0.717) is 0 Å². The Hall–Kier alpha value is -1.83. The topological polar surface area (TPSA) is 68.5 Å². The van der Waals surface area contributed by atoms with Gasteiger partial charge in [-0.1, -0.05) is 0 Å². The first kappa shape index (κ1) is 13.6. The van der Waals surface area contributed by atoms with Gasteiger partial charge < -0.3 is 15.4 Å². The summed E-state index contributed by atoms with van der Waals surface area (Å²) in [6.45, 7) is -0.260. The molecule has 1 atom stereocenters. The van der Waals surface area contributed by atoms with Crippen molar-refractivity contribution in [3.8, 4) is 0 Å². The molecule has 0 radical (unpaired) electrons. The Bertz CT molecular complexity index is 478. The summed E-state index contributed by atoms with van der Waals surface area (Å²) in [5.41, 5.74) is 5.28. The lowest BCUT2D eigenvalue weighted by atomic mass is 10.2. The van der Waals surface area contributed by atoms with Gasteiger partial charge in [-0.05, 0) is 12.1 Å². The maximum Gasteiger partial charge on any atom is 0.416 e. The summed E-state index contributed by atoms with van der Waals surface area (Å²) in [6.07, 6.45) is -4.93. The summed E-state index contributed by atoms with van der Waals surface area (Å²) in [6, 6.07) is 2.94. The summed E-state index contributed by atoms with van der Waals surface area (Å²) in [7, 11) is 0. The van der Waals surface area contributed by atoms with Gasteiger partial charge in [0.15, 0.2) is 6.10 Å². The Labute approximate surface area is 107 Å². The molecule has 1 aliphatic rings. The number of morpholine rings is 1. The molecule has 1 saturated heterocycles. The van der Waals surface area contributed by atoms with E-state index in [4.69, 9.17) is 5.73 Å². The lowest BCUT2D eigenvalue weighted by molar-refractivity contribution is -0.221. The second-order valence-electron chi connectivity index (χ2n) is 4.09. The molecule has 0 saturated carbocycles. The average Bonchev–Trinajstić information content (AvgIpc) is 2.38. The summed E-state index contributed by atoms with van der Waals surface area (Å²) >= 11 is 0. The van der Waals surface area contributed by atoms with Crippen LogP contribution in [0, 0.1) is 0 Å². The summed E-state index contributed by atoms with van der Waals surface area (Å²) in [4.78, 5) is 16.6. The largest absolute Gasteiger partial charge is 0.416 e. The van der Waals surface area contributed by atoms with E-state index in [1.165, 1.54) is 23.2 Å². The Morgan fingerprint density at radius 2 is 2.26 bits per heavy atom. The van der Waals surface area contributed by atoms with Crippen molar-refractivity contribution in [2.24, 2.45) is 5.73 Å². The first-order valence-electron chi connectivity index (χ1n) is 5.57. The molecule has 19 heavy (non-hydrogen) atoms. The van der Waals surface area contributed by atoms with E-state index in [1.807, 2.05) is 0 Å². The highest BCUT2D eigenvalue weighted by Gasteiger charge is 2.43. The van der Waals surface area contributed by atoms with Gasteiger partial charge in [-0.15, -0.1) is 0 Å². The number of primary amides is 1. The number of halogens is 3. The van der Waals surface area contributed by atoms with Crippen molar-refractivity contribution in [2.45, 2.75) is 12.3 Å². The Kier molecular flexibility index (Phi) is 3.61. The molecule has 2 rings (SSSR count). The van der Waals surface area contributed by atoms with Crippen molar-refractivity contribution < 1.29 is 22.7 Å². The van der Waals surface area contributed by atoms with E-state index < -0.39 is 24.7 Å². The number of ether oxygens (including phenoxy) is 1. The molecular weight excluding hydrogens is 263 g/mol. The molecule has 1 aromatic rings. The number of rotatable bonds is 2. The highest BCUT2D eigenvalue weighted by atomic mass is 19.4. The minimum absolute atomic E-state index is 0.0844. The van der Waals surface area contributed by atoms with Gasteiger partial charge in [0.2, 0.25) is 0 Å². The maximum atomic E-state index is 12.6. The molecular formula is C11H12F3N3O2. The van der Waals surface area contributed by atoms with Crippen LogP contribution < -0.4 is 10.6 Å². The predicted molar refractivity (Wildman–Crippen MR) is 60.8 cm³/mol. The second kappa shape index (κ2) is 5.04. The molecule has 0 spiro atoms. The van der Waals surface area contributed by atoms with E-state index in [-0.39, 0.29) is 24.5 Å². The van der Waals surface area contributed by atoms with Gasteiger partial charge in [0.1, 0.15) is 5.82 Å². The van der Waals surface area contributed by atoms with Crippen LogP contribution in [0.25, 0.3) is 0 Å². The highest BCUT2D eigenvalue weighted by Crippen LogP contribution is 2.28. The van der Waals surface area contributed by atoms with Crippen molar-refractivity contribution in [2.75, 3.05) is 24.6 Å². The number of nitrogens with two attached hydrogens (primary N) is 1. The van der Waals surface area contributed by atoms with Gasteiger partial charge in [0.05, 0.1) is 18.7 Å². The third-order valence-electron chi connectivity index (χ3n) is 2.78. The molecule has 1 fully saturated rings. The van der Waals surface area contributed by atoms with Crippen molar-refractivity contribution in [3.05, 3.63) is 23.9 Å². The van der Waals surface area contributed by atoms with Gasteiger partial charge in [-0.3, -0.25) is 4.79 Å². The van der Waals surface area contributed by atoms with Crippen molar-refractivity contribution >= 4 is 11.7 Å². The van der Waals surface area contributed by atoms with Crippen LogP contribution in [0.2, 0.25) is 0 Å². The Morgan fingerprint density at radius 1 is 1.53 bits per heavy atom. The molecule has 0 bridgehead atoms. The number of carbonyl (C=O) groups excluding carboxylic acids is 1. The van der Waals surface area contributed by atoms with Gasteiger partial charge in [0, 0.05) is 12.7 Å². The van der Waals surface area contributed by atoms with Crippen molar-refractivity contribution in [1.82, 2.24) is 4.98 Å². The molecule has 0 aromatic carbocycles. The monoisotopic (exact) mass is 275 g/mol. The number of hydrogen-bond acceptors (Lipinski definition) is 4. The number of aromatic nitrogens is 1. The van der Waals surface area contributed by atoms with Crippen LogP contribution in [0.3, 0.4) is 0 Å². The number of hydrogen-bond donors (Lipinski definition) is 1. The minimum Gasteiger partial charge on any atom is -0.365 e. The smallest absolute Gasteiger partial charge is 0.365 e. The standard InChI is InChI=1S/C11H12F3N3O2/c12-11(13,14)8-6-17(4-5-19-8)10-7(9(15)18)2-1-3-16-10/h1-3,8H,4-6H2,(H2,15,18)/t8-/m0/s1. The summed E-state index contributed by atoms with van der Waals surface area (Å²) in [5, 5.41) is 0. The Morgan fingerprint density at radius 3 is 2.89 bits per heavy atom. The van der Waals surface area contributed by atoms with E-state index in [1.54, 1.807) is 0 Å². The quantitative estimate of drug-likeness (QED) is 0.872. The third-order valence-corrected chi connectivity index (χ3v) is 2.78. The summed E-state index contributed by atoms with van der Waals surface area (Å²) in [5.74, 6) is -0.564. The average molecular weight is 275 g/mol. The number of anilines is 1. The third kappa shape index (κ3) is 2.95. The van der Waals surface area contributed by atoms with E-state index in [2.05, 4.69) is 9.72 Å². The van der Waals surface area contributed by atoms with Crippen LogP contribution in [-0.2, 0) is 4.74 Å². The Balaban J connectivity index is 2.25. The van der Waals surface area contributed by atoms with E-state index in [9.17, 15) is 18.0 Å². The minimum atomic E-state index is -4.44. The van der Waals surface area contributed by atoms with Crippen molar-refractivity contribution in [3.63, 3.8) is 0 Å². The van der Waals surface area contributed by atoms with Crippen LogP contribution in [0.15, 0.2) is 18.3 Å². The number of carbonyl (C=O) groups is 1. The van der Waals surface area contributed by atoms with Crippen LogP contribution >= 0.6 is 0 Å². The number of amides is 1. The van der Waals surface area contributed by atoms with E-state index >= 15 is 0 Å². The lowest BCUT2D eigenvalue weighted by Gasteiger charge is -2.35. The molecule has 0 unspecified atom stereocenters. The molecule has 8 heteroatoms. The normalized spacial score (nSPS) is 20.4. The molecule has 2 heterocycles. The fraction of sp³-hybridized carbons (Fsp3) is 0.455. The highest BCUT2D eigenvalue weighted by molar-refractivity contribution is 5.97. The molecule has 104 valence electrons. The zero-order valence-electron chi connectivity index (χ0n) is 9.85. The first-order valence-corrected chi connectivity index (χ1v) is 5.57. The summed E-state index contributed by atoms with van der Waals surface area (Å²) < 4.78 is 42.6. The molecule has 1 amide bonds. The van der Waals surface area contributed by atoms with Crippen molar-refractivity contribution in [1.29, 1.82) is 0 Å². The van der Waals surface area contributed by atoms with Crippen LogP contribution in [0.1, 0.15) is 10.4 Å². The van der Waals surface area contributed by atoms with Gasteiger partial charge in [0.25, 0.3) is 5.91 Å². The fourth-order valence-corrected chi connectivity index (χ4v) is 1.88. The number of pyridine rings is 1. The molecule has 2 N–H and O–H groups in total. The van der Waals surface area contributed by atoms with Gasteiger partial charge in [-0.25, -0.2) is 4.98 Å². The second-order valence-corrected chi connectivity index (χ2v) is 4.09. The number of nitrogens with zero attached hydrogens (tertiary/aromatic N) is 2. The predicted octanol–water partition coefficient (Wildman–Crippen LogP) is 0.948. The first-order chi connectivity index (χ1) is 8.89. The molecule has 1 aromatic heterocycles. The SMILES string of the molecule is NC(=O)c1cccnc1N1CCO[C@H](C(F)(F)F)C1. The number of alkyl halides is 3. The van der Waals surface area contributed by atoms with E-state index in [0.717, 1.165) is 0 Å². The molecule has 0 aliphatic carbocycles. The molecule has 1 aliphatic heterocycles. The van der Waals surface area contributed by atoms with Crippen LogP contribution in [0.4, 0.5) is 19.0 Å². The van der Waals surface area contributed by atoms with Gasteiger partial charge >= 0.3 is 6.18 Å². The van der Waals surface area contributed by atoms with Crippen LogP contribution in [0.5, 0.6) is 0 Å². The van der Waals surface area contributed by atoms with Gasteiger partial charge in [-0.2, -0.15) is 13.2 Å². The fourth-order valence-electron chi connectivity index (χ4n) is 1.88. The molecule has 5 nitrogen and oxygen atoms in total.